The minimum Gasteiger partial charge on any atom is -0.371 e. The highest BCUT2D eigenvalue weighted by atomic mass is 32.1. The average Bonchev–Trinajstić information content (AvgIpc) is 2.96. The Kier molecular flexibility index (Phi) is 6.09. The smallest absolute Gasteiger partial charge is 0.0369 e. The van der Waals surface area contributed by atoms with Gasteiger partial charge in [0.15, 0.2) is 0 Å². The second-order valence-corrected chi connectivity index (χ2v) is 5.83. The van der Waals surface area contributed by atoms with Gasteiger partial charge in [0, 0.05) is 25.3 Å². The fourth-order valence-electron chi connectivity index (χ4n) is 2.30. The van der Waals surface area contributed by atoms with Crippen molar-refractivity contribution >= 4 is 17.0 Å². The van der Waals surface area contributed by atoms with Crippen molar-refractivity contribution in [1.29, 1.82) is 0 Å². The van der Waals surface area contributed by atoms with Crippen molar-refractivity contribution in [3.8, 4) is 0 Å². The molecule has 2 aromatic rings. The molecule has 2 nitrogen and oxygen atoms in total. The zero-order valence-electron chi connectivity index (χ0n) is 12.4. The summed E-state index contributed by atoms with van der Waals surface area (Å²) < 4.78 is 0. The van der Waals surface area contributed by atoms with E-state index in [1.807, 2.05) is 0 Å². The van der Waals surface area contributed by atoms with Crippen LogP contribution in [0.15, 0.2) is 41.1 Å². The zero-order chi connectivity index (χ0) is 14.2. The van der Waals surface area contributed by atoms with Gasteiger partial charge in [-0.15, -0.1) is 0 Å². The molecule has 0 atom stereocenters. The fraction of sp³-hybridized carbons (Fsp3) is 0.412. The lowest BCUT2D eigenvalue weighted by Gasteiger charge is -2.23. The summed E-state index contributed by atoms with van der Waals surface area (Å²) in [6.07, 6.45) is 1.13. The van der Waals surface area contributed by atoms with E-state index in [1.165, 1.54) is 16.8 Å². The molecule has 0 saturated heterocycles. The predicted molar refractivity (Wildman–Crippen MR) is 90.0 cm³/mol. The van der Waals surface area contributed by atoms with Crippen molar-refractivity contribution in [3.05, 3.63) is 52.2 Å². The first-order valence-corrected chi connectivity index (χ1v) is 8.27. The van der Waals surface area contributed by atoms with E-state index in [4.69, 9.17) is 0 Å². The monoisotopic (exact) mass is 288 g/mol. The van der Waals surface area contributed by atoms with Crippen molar-refractivity contribution in [2.45, 2.75) is 20.3 Å². The molecule has 0 amide bonds. The van der Waals surface area contributed by atoms with Crippen LogP contribution < -0.4 is 10.2 Å². The summed E-state index contributed by atoms with van der Waals surface area (Å²) >= 11 is 1.77. The molecular formula is C17H24N2S. The number of nitrogens with zero attached hydrogens (tertiary/aromatic N) is 1. The van der Waals surface area contributed by atoms with E-state index in [0.29, 0.717) is 0 Å². The Morgan fingerprint density at radius 1 is 1.20 bits per heavy atom. The lowest BCUT2D eigenvalue weighted by Crippen LogP contribution is -2.32. The van der Waals surface area contributed by atoms with Crippen molar-refractivity contribution in [3.63, 3.8) is 0 Å². The van der Waals surface area contributed by atoms with E-state index in [-0.39, 0.29) is 0 Å². The first kappa shape index (κ1) is 15.1. The van der Waals surface area contributed by atoms with Crippen LogP contribution in [-0.2, 0) is 6.42 Å². The third-order valence-electron chi connectivity index (χ3n) is 3.48. The molecule has 0 aliphatic carbocycles. The van der Waals surface area contributed by atoms with E-state index >= 15 is 0 Å². The number of rotatable bonds is 8. The Labute approximate surface area is 126 Å². The highest BCUT2D eigenvalue weighted by Crippen LogP contribution is 2.14. The van der Waals surface area contributed by atoms with Gasteiger partial charge in [0.25, 0.3) is 0 Å². The summed E-state index contributed by atoms with van der Waals surface area (Å²) in [4.78, 5) is 2.42. The molecule has 0 saturated carbocycles. The molecule has 0 fully saturated rings. The molecule has 0 radical (unpaired) electrons. The molecule has 0 bridgehead atoms. The molecule has 1 aromatic heterocycles. The highest BCUT2D eigenvalue weighted by Gasteiger charge is 2.03. The fourth-order valence-corrected chi connectivity index (χ4v) is 3.00. The van der Waals surface area contributed by atoms with E-state index in [1.54, 1.807) is 11.3 Å². The maximum atomic E-state index is 3.54. The van der Waals surface area contributed by atoms with Crippen LogP contribution in [0.3, 0.4) is 0 Å². The lowest BCUT2D eigenvalue weighted by atomic mass is 10.2. The summed E-state index contributed by atoms with van der Waals surface area (Å²) in [7, 11) is 0. The normalized spacial score (nSPS) is 10.7. The Balaban J connectivity index is 1.71. The van der Waals surface area contributed by atoms with Crippen LogP contribution in [0.5, 0.6) is 0 Å². The van der Waals surface area contributed by atoms with Crippen molar-refractivity contribution < 1.29 is 0 Å². The number of anilines is 1. The van der Waals surface area contributed by atoms with Gasteiger partial charge in [-0.2, -0.15) is 11.3 Å². The minimum absolute atomic E-state index is 1.03. The summed E-state index contributed by atoms with van der Waals surface area (Å²) in [5.41, 5.74) is 4.09. The number of nitrogens with one attached hydrogen (secondary N) is 1. The Morgan fingerprint density at radius 3 is 2.80 bits per heavy atom. The maximum Gasteiger partial charge on any atom is 0.0369 e. The number of hydrogen-bond donors (Lipinski definition) is 1. The summed E-state index contributed by atoms with van der Waals surface area (Å²) in [5.74, 6) is 0. The number of hydrogen-bond acceptors (Lipinski definition) is 3. The van der Waals surface area contributed by atoms with Crippen LogP contribution in [0.25, 0.3) is 0 Å². The van der Waals surface area contributed by atoms with Crippen LogP contribution >= 0.6 is 11.3 Å². The molecule has 2 rings (SSSR count). The van der Waals surface area contributed by atoms with Crippen LogP contribution in [0, 0.1) is 6.92 Å². The van der Waals surface area contributed by atoms with Gasteiger partial charge in [0.1, 0.15) is 0 Å². The SMILES string of the molecule is CCN(CCNCCc1ccsc1)c1cccc(C)c1. The largest absolute Gasteiger partial charge is 0.371 e. The standard InChI is InChI=1S/C17H24N2S/c1-3-19(17-6-4-5-15(2)13-17)11-10-18-9-7-16-8-12-20-14-16/h4-6,8,12-14,18H,3,7,9-11H2,1-2H3. The molecule has 0 unspecified atom stereocenters. The van der Waals surface area contributed by atoms with Crippen LogP contribution in [-0.4, -0.2) is 26.2 Å². The minimum atomic E-state index is 1.03. The highest BCUT2D eigenvalue weighted by molar-refractivity contribution is 7.07. The first-order valence-electron chi connectivity index (χ1n) is 7.33. The predicted octanol–water partition coefficient (Wildman–Crippen LogP) is 3.72. The van der Waals surface area contributed by atoms with E-state index in [2.05, 4.69) is 65.2 Å². The molecule has 1 aromatic carbocycles. The Bertz CT molecular complexity index is 493. The number of likely N-dealkylation sites (N-methyl/N-ethyl adjacent to an activating group) is 1. The van der Waals surface area contributed by atoms with Gasteiger partial charge in [-0.3, -0.25) is 0 Å². The molecule has 3 heteroatoms. The number of thiophene rings is 1. The Hall–Kier alpha value is -1.32. The van der Waals surface area contributed by atoms with Crippen molar-refractivity contribution in [1.82, 2.24) is 5.32 Å². The second-order valence-electron chi connectivity index (χ2n) is 5.05. The zero-order valence-corrected chi connectivity index (χ0v) is 13.2. The van der Waals surface area contributed by atoms with Crippen molar-refractivity contribution in [2.75, 3.05) is 31.1 Å². The summed E-state index contributed by atoms with van der Waals surface area (Å²) in [6.45, 7) is 8.57. The number of aryl methyl sites for hydroxylation is 1. The van der Waals surface area contributed by atoms with E-state index in [0.717, 1.165) is 32.6 Å². The molecule has 0 aliphatic rings. The molecule has 1 N–H and O–H groups in total. The molecule has 0 aliphatic heterocycles. The van der Waals surface area contributed by atoms with Gasteiger partial charge in [-0.05, 0) is 66.9 Å². The van der Waals surface area contributed by atoms with Crippen LogP contribution in [0.4, 0.5) is 5.69 Å². The van der Waals surface area contributed by atoms with E-state index < -0.39 is 0 Å². The molecular weight excluding hydrogens is 264 g/mol. The molecule has 108 valence electrons. The van der Waals surface area contributed by atoms with Gasteiger partial charge in [-0.25, -0.2) is 0 Å². The maximum absolute atomic E-state index is 3.54. The van der Waals surface area contributed by atoms with Crippen molar-refractivity contribution in [2.24, 2.45) is 0 Å². The van der Waals surface area contributed by atoms with E-state index in [9.17, 15) is 0 Å². The quantitative estimate of drug-likeness (QED) is 0.745. The van der Waals surface area contributed by atoms with Gasteiger partial charge in [0.2, 0.25) is 0 Å². The molecule has 20 heavy (non-hydrogen) atoms. The third kappa shape index (κ3) is 4.66. The topological polar surface area (TPSA) is 15.3 Å². The van der Waals surface area contributed by atoms with Gasteiger partial charge < -0.3 is 10.2 Å². The Morgan fingerprint density at radius 2 is 2.10 bits per heavy atom. The van der Waals surface area contributed by atoms with Gasteiger partial charge in [0.05, 0.1) is 0 Å². The molecule has 1 heterocycles. The third-order valence-corrected chi connectivity index (χ3v) is 4.21. The first-order chi connectivity index (χ1) is 9.79. The van der Waals surface area contributed by atoms with Crippen LogP contribution in [0.2, 0.25) is 0 Å². The average molecular weight is 288 g/mol. The van der Waals surface area contributed by atoms with Gasteiger partial charge in [-0.1, -0.05) is 12.1 Å². The van der Waals surface area contributed by atoms with Gasteiger partial charge >= 0.3 is 0 Å². The lowest BCUT2D eigenvalue weighted by molar-refractivity contribution is 0.663. The van der Waals surface area contributed by atoms with Crippen LogP contribution in [0.1, 0.15) is 18.1 Å². The number of benzene rings is 1. The second kappa shape index (κ2) is 8.08. The summed E-state index contributed by atoms with van der Waals surface area (Å²) in [5, 5.41) is 7.91. The summed E-state index contributed by atoms with van der Waals surface area (Å²) in [6, 6.07) is 10.9. The molecule has 0 spiro atoms.